The minimum Gasteiger partial charge on any atom is -0.506 e. The first-order chi connectivity index (χ1) is 13.5. The third kappa shape index (κ3) is 4.94. The predicted molar refractivity (Wildman–Crippen MR) is 101 cm³/mol. The van der Waals surface area contributed by atoms with Crippen LogP contribution in [0, 0.1) is 0 Å². The van der Waals surface area contributed by atoms with Gasteiger partial charge in [-0.3, -0.25) is 4.79 Å². The fraction of sp³-hybridized carbons (Fsp3) is 0.200. The van der Waals surface area contributed by atoms with Crippen molar-refractivity contribution in [3.63, 3.8) is 0 Å². The average Bonchev–Trinajstić information content (AvgIpc) is 2.69. The molecule has 8 heteroatoms. The zero-order valence-corrected chi connectivity index (χ0v) is 15.5. The van der Waals surface area contributed by atoms with Crippen LogP contribution in [0.15, 0.2) is 54.2 Å². The monoisotopic (exact) mass is 384 g/mol. The number of ether oxygens (including phenoxy) is 2. The Kier molecular flexibility index (Phi) is 7.27. The molecule has 0 saturated carbocycles. The molecule has 0 aliphatic rings. The molecule has 146 valence electrons. The molecule has 0 saturated heterocycles. The molecule has 1 amide bonds. The molecule has 0 fully saturated rings. The van der Waals surface area contributed by atoms with E-state index in [-0.39, 0.29) is 24.6 Å². The number of hydrogen-bond donors (Lipinski definition) is 2. The predicted octanol–water partition coefficient (Wildman–Crippen LogP) is 2.73. The van der Waals surface area contributed by atoms with Crippen LogP contribution < -0.4 is 5.32 Å². The van der Waals surface area contributed by atoms with Crippen molar-refractivity contribution >= 4 is 29.4 Å². The minimum atomic E-state index is -1.04. The van der Waals surface area contributed by atoms with E-state index in [1.54, 1.807) is 44.2 Å². The van der Waals surface area contributed by atoms with Gasteiger partial charge in [0.15, 0.2) is 5.57 Å². The van der Waals surface area contributed by atoms with Gasteiger partial charge >= 0.3 is 11.9 Å². The molecule has 0 bridgehead atoms. The number of aliphatic hydroxyl groups excluding tert-OH is 1. The summed E-state index contributed by atoms with van der Waals surface area (Å²) in [6.07, 6.45) is 1.39. The van der Waals surface area contributed by atoms with Crippen LogP contribution in [-0.4, -0.2) is 41.2 Å². The summed E-state index contributed by atoms with van der Waals surface area (Å²) in [6, 6.07) is 11.3. The molecular weight excluding hydrogens is 364 g/mol. The highest BCUT2D eigenvalue weighted by Crippen LogP contribution is 2.24. The maximum absolute atomic E-state index is 12.4. The molecular formula is C20H20N2O6. The second-order valence-corrected chi connectivity index (χ2v) is 5.38. The molecule has 1 aromatic carbocycles. The zero-order chi connectivity index (χ0) is 20.5. The van der Waals surface area contributed by atoms with E-state index in [0.29, 0.717) is 5.56 Å². The lowest BCUT2D eigenvalue weighted by Gasteiger charge is -2.13. The highest BCUT2D eigenvalue weighted by atomic mass is 16.6. The molecule has 1 aromatic heterocycles. The van der Waals surface area contributed by atoms with E-state index in [1.807, 2.05) is 0 Å². The number of aliphatic hydroxyl groups is 1. The molecule has 0 spiro atoms. The SMILES string of the molecule is CCOC(=O)C(C(=O)OCC)=C(O)c1cccnc1NC(=O)c1ccccc1. The molecule has 2 N–H and O–H groups in total. The topological polar surface area (TPSA) is 115 Å². The highest BCUT2D eigenvalue weighted by Gasteiger charge is 2.28. The summed E-state index contributed by atoms with van der Waals surface area (Å²) in [6.45, 7) is 3.12. The van der Waals surface area contributed by atoms with Gasteiger partial charge in [-0.15, -0.1) is 0 Å². The molecule has 0 atom stereocenters. The Bertz CT molecular complexity index is 873. The standard InChI is InChI=1S/C20H20N2O6/c1-3-27-19(25)15(20(26)28-4-2)16(23)14-11-8-12-21-17(14)22-18(24)13-9-6-5-7-10-13/h5-12,23H,3-4H2,1-2H3,(H,21,22,24). The Morgan fingerprint density at radius 2 is 1.57 bits per heavy atom. The van der Waals surface area contributed by atoms with Gasteiger partial charge in [-0.25, -0.2) is 14.6 Å². The largest absolute Gasteiger partial charge is 0.506 e. The Morgan fingerprint density at radius 3 is 2.14 bits per heavy atom. The Balaban J connectivity index is 2.46. The van der Waals surface area contributed by atoms with Crippen LogP contribution in [0.25, 0.3) is 5.76 Å². The third-order valence-corrected chi connectivity index (χ3v) is 3.53. The van der Waals surface area contributed by atoms with Crippen molar-refractivity contribution in [2.75, 3.05) is 18.5 Å². The quantitative estimate of drug-likeness (QED) is 0.248. The number of carbonyl (C=O) groups excluding carboxylic acids is 3. The molecule has 1 heterocycles. The lowest BCUT2D eigenvalue weighted by atomic mass is 10.1. The van der Waals surface area contributed by atoms with Crippen molar-refractivity contribution in [2.24, 2.45) is 0 Å². The number of nitrogens with zero attached hydrogens (tertiary/aromatic N) is 1. The van der Waals surface area contributed by atoms with E-state index in [4.69, 9.17) is 9.47 Å². The van der Waals surface area contributed by atoms with Gasteiger partial charge in [-0.05, 0) is 38.1 Å². The lowest BCUT2D eigenvalue weighted by molar-refractivity contribution is -0.146. The maximum atomic E-state index is 12.4. The molecule has 2 rings (SSSR count). The van der Waals surface area contributed by atoms with Crippen molar-refractivity contribution in [3.8, 4) is 0 Å². The summed E-state index contributed by atoms with van der Waals surface area (Å²) in [4.78, 5) is 40.8. The van der Waals surface area contributed by atoms with Crippen molar-refractivity contribution < 1.29 is 29.0 Å². The van der Waals surface area contributed by atoms with Gasteiger partial charge < -0.3 is 19.9 Å². The average molecular weight is 384 g/mol. The van der Waals surface area contributed by atoms with Crippen LogP contribution >= 0.6 is 0 Å². The van der Waals surface area contributed by atoms with Crippen LogP contribution in [0.3, 0.4) is 0 Å². The van der Waals surface area contributed by atoms with Crippen molar-refractivity contribution in [1.82, 2.24) is 4.98 Å². The van der Waals surface area contributed by atoms with E-state index in [2.05, 4.69) is 10.3 Å². The molecule has 2 aromatic rings. The van der Waals surface area contributed by atoms with E-state index in [1.165, 1.54) is 18.3 Å². The first-order valence-corrected chi connectivity index (χ1v) is 8.58. The minimum absolute atomic E-state index is 0.000339. The van der Waals surface area contributed by atoms with Crippen LogP contribution in [0.5, 0.6) is 0 Å². The van der Waals surface area contributed by atoms with Gasteiger partial charge in [0.1, 0.15) is 11.6 Å². The Morgan fingerprint density at radius 1 is 0.964 bits per heavy atom. The number of benzene rings is 1. The number of amides is 1. The maximum Gasteiger partial charge on any atom is 0.349 e. The van der Waals surface area contributed by atoms with Crippen molar-refractivity contribution in [3.05, 3.63) is 65.4 Å². The summed E-state index contributed by atoms with van der Waals surface area (Å²) < 4.78 is 9.68. The summed E-state index contributed by atoms with van der Waals surface area (Å²) in [5.41, 5.74) is -0.326. The second-order valence-electron chi connectivity index (χ2n) is 5.38. The number of hydrogen-bond acceptors (Lipinski definition) is 7. The van der Waals surface area contributed by atoms with Gasteiger partial charge in [0, 0.05) is 11.8 Å². The molecule has 0 aliphatic heterocycles. The number of esters is 2. The summed E-state index contributed by atoms with van der Waals surface area (Å²) in [5.74, 6) is -3.28. The van der Waals surface area contributed by atoms with Gasteiger partial charge in [0.25, 0.3) is 5.91 Å². The highest BCUT2D eigenvalue weighted by molar-refractivity contribution is 6.19. The van der Waals surface area contributed by atoms with Crippen LogP contribution in [-0.2, 0) is 19.1 Å². The van der Waals surface area contributed by atoms with Crippen molar-refractivity contribution in [2.45, 2.75) is 13.8 Å². The zero-order valence-electron chi connectivity index (χ0n) is 15.5. The van der Waals surface area contributed by atoms with Crippen molar-refractivity contribution in [1.29, 1.82) is 0 Å². The lowest BCUT2D eigenvalue weighted by Crippen LogP contribution is -2.21. The molecule has 0 radical (unpaired) electrons. The second kappa shape index (κ2) is 9.86. The van der Waals surface area contributed by atoms with E-state index < -0.39 is 29.2 Å². The fourth-order valence-electron chi connectivity index (χ4n) is 2.28. The van der Waals surface area contributed by atoms with E-state index in [0.717, 1.165) is 0 Å². The Hall–Kier alpha value is -3.68. The molecule has 0 aliphatic carbocycles. The van der Waals surface area contributed by atoms with Crippen LogP contribution in [0.4, 0.5) is 5.82 Å². The van der Waals surface area contributed by atoms with Gasteiger partial charge in [0.05, 0.1) is 18.8 Å². The van der Waals surface area contributed by atoms with E-state index >= 15 is 0 Å². The number of anilines is 1. The summed E-state index contributed by atoms with van der Waals surface area (Å²) in [5, 5.41) is 13.2. The first-order valence-electron chi connectivity index (χ1n) is 8.58. The fourth-order valence-corrected chi connectivity index (χ4v) is 2.28. The van der Waals surface area contributed by atoms with Crippen LogP contribution in [0.2, 0.25) is 0 Å². The number of pyridine rings is 1. The van der Waals surface area contributed by atoms with Crippen LogP contribution in [0.1, 0.15) is 29.8 Å². The number of carbonyl (C=O) groups is 3. The molecule has 8 nitrogen and oxygen atoms in total. The number of rotatable bonds is 7. The third-order valence-electron chi connectivity index (χ3n) is 3.53. The van der Waals surface area contributed by atoms with Gasteiger partial charge in [-0.1, -0.05) is 18.2 Å². The number of aromatic nitrogens is 1. The normalized spacial score (nSPS) is 9.93. The molecule has 0 unspecified atom stereocenters. The smallest absolute Gasteiger partial charge is 0.349 e. The summed E-state index contributed by atoms with van der Waals surface area (Å²) >= 11 is 0. The van der Waals surface area contributed by atoms with E-state index in [9.17, 15) is 19.5 Å². The first kappa shape index (κ1) is 20.6. The summed E-state index contributed by atoms with van der Waals surface area (Å²) in [7, 11) is 0. The molecule has 28 heavy (non-hydrogen) atoms. The van der Waals surface area contributed by atoms with Gasteiger partial charge in [0.2, 0.25) is 0 Å². The number of nitrogens with one attached hydrogen (secondary N) is 1. The van der Waals surface area contributed by atoms with Gasteiger partial charge in [-0.2, -0.15) is 0 Å². The Labute approximate surface area is 161 Å².